The lowest BCUT2D eigenvalue weighted by atomic mass is 10.1. The SMILES string of the molecule is CC(C)(C)OC(=O)N1CCC(Sc2ccc(-c3ccco3)cc2)CC1. The van der Waals surface area contributed by atoms with Crippen molar-refractivity contribution >= 4 is 17.9 Å². The van der Waals surface area contributed by atoms with E-state index in [9.17, 15) is 4.79 Å². The molecule has 3 rings (SSSR count). The molecule has 2 aromatic rings. The number of amides is 1. The number of ether oxygens (including phenoxy) is 1. The first-order chi connectivity index (χ1) is 11.9. The number of rotatable bonds is 3. The molecule has 1 saturated heterocycles. The first-order valence-electron chi connectivity index (χ1n) is 8.69. The highest BCUT2D eigenvalue weighted by molar-refractivity contribution is 8.00. The highest BCUT2D eigenvalue weighted by Crippen LogP contribution is 2.32. The van der Waals surface area contributed by atoms with Crippen LogP contribution in [0.2, 0.25) is 0 Å². The number of carbonyl (C=O) groups is 1. The monoisotopic (exact) mass is 359 g/mol. The second-order valence-electron chi connectivity index (χ2n) is 7.29. The molecule has 2 heterocycles. The van der Waals surface area contributed by atoms with Crippen LogP contribution in [0.1, 0.15) is 33.6 Å². The van der Waals surface area contributed by atoms with E-state index in [0.717, 1.165) is 37.3 Å². The van der Waals surface area contributed by atoms with Gasteiger partial charge in [0.05, 0.1) is 6.26 Å². The summed E-state index contributed by atoms with van der Waals surface area (Å²) in [4.78, 5) is 15.2. The van der Waals surface area contributed by atoms with E-state index in [4.69, 9.17) is 9.15 Å². The van der Waals surface area contributed by atoms with Crippen LogP contribution in [-0.4, -0.2) is 34.9 Å². The minimum absolute atomic E-state index is 0.196. The second kappa shape index (κ2) is 7.56. The fraction of sp³-hybridized carbons (Fsp3) is 0.450. The Labute approximate surface area is 153 Å². The van der Waals surface area contributed by atoms with Crippen LogP contribution in [0.15, 0.2) is 52.0 Å². The molecule has 134 valence electrons. The molecule has 1 amide bonds. The van der Waals surface area contributed by atoms with E-state index in [1.165, 1.54) is 4.90 Å². The van der Waals surface area contributed by atoms with Crippen molar-refractivity contribution in [3.63, 3.8) is 0 Å². The maximum atomic E-state index is 12.1. The summed E-state index contributed by atoms with van der Waals surface area (Å²) in [7, 11) is 0. The topological polar surface area (TPSA) is 42.7 Å². The lowest BCUT2D eigenvalue weighted by molar-refractivity contribution is 0.0219. The normalized spacial score (nSPS) is 16.0. The number of nitrogens with zero attached hydrogens (tertiary/aromatic N) is 1. The molecule has 0 N–H and O–H groups in total. The van der Waals surface area contributed by atoms with Gasteiger partial charge in [0.1, 0.15) is 11.4 Å². The third-order valence-corrected chi connectivity index (χ3v) is 5.41. The standard InChI is InChI=1S/C20H25NO3S/c1-20(2,3)24-19(22)21-12-10-17(11-13-21)25-16-8-6-15(7-9-16)18-5-4-14-23-18/h4-9,14,17H,10-13H2,1-3H3. The molecule has 1 aliphatic heterocycles. The van der Waals surface area contributed by atoms with Crippen molar-refractivity contribution in [2.24, 2.45) is 0 Å². The average Bonchev–Trinajstić information content (AvgIpc) is 3.09. The summed E-state index contributed by atoms with van der Waals surface area (Å²) in [6.45, 7) is 7.23. The van der Waals surface area contributed by atoms with Crippen LogP contribution in [0.5, 0.6) is 0 Å². The Kier molecular flexibility index (Phi) is 5.42. The number of carbonyl (C=O) groups excluding carboxylic acids is 1. The largest absolute Gasteiger partial charge is 0.464 e. The number of furan rings is 1. The number of hydrogen-bond donors (Lipinski definition) is 0. The van der Waals surface area contributed by atoms with Crippen LogP contribution in [0.3, 0.4) is 0 Å². The minimum atomic E-state index is -0.432. The van der Waals surface area contributed by atoms with Gasteiger partial charge in [0.2, 0.25) is 0 Å². The van der Waals surface area contributed by atoms with E-state index in [1.807, 2.05) is 49.6 Å². The Bertz CT molecular complexity index is 681. The molecular formula is C20H25NO3S. The van der Waals surface area contributed by atoms with Crippen LogP contribution in [0.4, 0.5) is 4.79 Å². The Morgan fingerprint density at radius 2 is 1.84 bits per heavy atom. The van der Waals surface area contributed by atoms with Crippen LogP contribution >= 0.6 is 11.8 Å². The van der Waals surface area contributed by atoms with Gasteiger partial charge in [0.15, 0.2) is 0 Å². The lowest BCUT2D eigenvalue weighted by Crippen LogP contribution is -2.42. The van der Waals surface area contributed by atoms with Gasteiger partial charge in [-0.2, -0.15) is 0 Å². The average molecular weight is 359 g/mol. The van der Waals surface area contributed by atoms with Crippen molar-refractivity contribution < 1.29 is 13.9 Å². The predicted molar refractivity (Wildman–Crippen MR) is 101 cm³/mol. The Hall–Kier alpha value is -1.88. The summed E-state index contributed by atoms with van der Waals surface area (Å²) in [6, 6.07) is 12.3. The van der Waals surface area contributed by atoms with E-state index in [-0.39, 0.29) is 6.09 Å². The van der Waals surface area contributed by atoms with Gasteiger partial charge >= 0.3 is 6.09 Å². The van der Waals surface area contributed by atoms with Gasteiger partial charge in [0, 0.05) is 28.8 Å². The van der Waals surface area contributed by atoms with E-state index >= 15 is 0 Å². The van der Waals surface area contributed by atoms with E-state index in [1.54, 1.807) is 6.26 Å². The highest BCUT2D eigenvalue weighted by atomic mass is 32.2. The summed E-state index contributed by atoms with van der Waals surface area (Å²) in [5, 5.41) is 0.535. The molecule has 1 fully saturated rings. The summed E-state index contributed by atoms with van der Waals surface area (Å²) >= 11 is 1.89. The van der Waals surface area contributed by atoms with Gasteiger partial charge in [-0.1, -0.05) is 12.1 Å². The van der Waals surface area contributed by atoms with Gasteiger partial charge in [-0.15, -0.1) is 11.8 Å². The fourth-order valence-electron chi connectivity index (χ4n) is 2.82. The maximum absolute atomic E-state index is 12.1. The van der Waals surface area contributed by atoms with Crippen LogP contribution in [0, 0.1) is 0 Å². The Balaban J connectivity index is 1.50. The molecule has 0 radical (unpaired) electrons. The van der Waals surface area contributed by atoms with Crippen LogP contribution in [-0.2, 0) is 4.74 Å². The number of benzene rings is 1. The number of likely N-dealkylation sites (tertiary alicyclic amines) is 1. The van der Waals surface area contributed by atoms with Crippen molar-refractivity contribution in [1.82, 2.24) is 4.90 Å². The zero-order chi connectivity index (χ0) is 17.9. The zero-order valence-corrected chi connectivity index (χ0v) is 15.8. The number of thioether (sulfide) groups is 1. The van der Waals surface area contributed by atoms with E-state index in [2.05, 4.69) is 24.3 Å². The smallest absolute Gasteiger partial charge is 0.410 e. The fourth-order valence-corrected chi connectivity index (χ4v) is 3.94. The number of piperidine rings is 1. The molecule has 1 aromatic heterocycles. The van der Waals surface area contributed by atoms with Crippen LogP contribution < -0.4 is 0 Å². The van der Waals surface area contributed by atoms with Crippen molar-refractivity contribution in [2.75, 3.05) is 13.1 Å². The highest BCUT2D eigenvalue weighted by Gasteiger charge is 2.27. The summed E-state index contributed by atoms with van der Waals surface area (Å²) in [5.41, 5.74) is 0.660. The van der Waals surface area contributed by atoms with Gasteiger partial charge in [0.25, 0.3) is 0 Å². The Morgan fingerprint density at radius 1 is 1.16 bits per heavy atom. The van der Waals surface area contributed by atoms with Gasteiger partial charge in [-0.3, -0.25) is 0 Å². The maximum Gasteiger partial charge on any atom is 0.410 e. The van der Waals surface area contributed by atoms with Crippen molar-refractivity contribution in [3.8, 4) is 11.3 Å². The summed E-state index contributed by atoms with van der Waals surface area (Å²) in [5.74, 6) is 0.891. The van der Waals surface area contributed by atoms with E-state index in [0.29, 0.717) is 5.25 Å². The third kappa shape index (κ3) is 5.05. The summed E-state index contributed by atoms with van der Waals surface area (Å²) in [6.07, 6.45) is 3.48. The number of hydrogen-bond acceptors (Lipinski definition) is 4. The predicted octanol–water partition coefficient (Wildman–Crippen LogP) is 5.44. The molecular weight excluding hydrogens is 334 g/mol. The molecule has 0 aliphatic carbocycles. The first kappa shape index (κ1) is 17.9. The Morgan fingerprint density at radius 3 is 2.40 bits per heavy atom. The zero-order valence-electron chi connectivity index (χ0n) is 15.0. The second-order valence-corrected chi connectivity index (χ2v) is 8.66. The molecule has 0 atom stereocenters. The molecule has 0 unspecified atom stereocenters. The molecule has 0 saturated carbocycles. The van der Waals surface area contributed by atoms with Gasteiger partial charge < -0.3 is 14.1 Å². The molecule has 1 aromatic carbocycles. The van der Waals surface area contributed by atoms with Crippen molar-refractivity contribution in [2.45, 2.75) is 49.4 Å². The molecule has 0 spiro atoms. The summed E-state index contributed by atoms with van der Waals surface area (Å²) < 4.78 is 10.9. The quantitative estimate of drug-likeness (QED) is 0.732. The first-order valence-corrected chi connectivity index (χ1v) is 9.57. The van der Waals surface area contributed by atoms with Gasteiger partial charge in [-0.25, -0.2) is 4.79 Å². The van der Waals surface area contributed by atoms with Gasteiger partial charge in [-0.05, 0) is 57.9 Å². The third-order valence-electron chi connectivity index (χ3n) is 4.06. The molecule has 4 nitrogen and oxygen atoms in total. The molecule has 1 aliphatic rings. The van der Waals surface area contributed by atoms with Crippen LogP contribution in [0.25, 0.3) is 11.3 Å². The van der Waals surface area contributed by atoms with Crippen molar-refractivity contribution in [1.29, 1.82) is 0 Å². The minimum Gasteiger partial charge on any atom is -0.464 e. The molecule has 25 heavy (non-hydrogen) atoms. The molecule has 0 bridgehead atoms. The lowest BCUT2D eigenvalue weighted by Gasteiger charge is -2.33. The van der Waals surface area contributed by atoms with Crippen molar-refractivity contribution in [3.05, 3.63) is 42.7 Å². The van der Waals surface area contributed by atoms with E-state index < -0.39 is 5.60 Å². The molecule has 5 heteroatoms.